The van der Waals surface area contributed by atoms with Crippen LogP contribution in [0.4, 0.5) is 0 Å². The van der Waals surface area contributed by atoms with E-state index in [1.807, 2.05) is 13.8 Å². The van der Waals surface area contributed by atoms with Gasteiger partial charge in [-0.1, -0.05) is 0 Å². The highest BCUT2D eigenvalue weighted by Crippen LogP contribution is 2.22. The zero-order valence-corrected chi connectivity index (χ0v) is 12.3. The first-order chi connectivity index (χ1) is 9.95. The van der Waals surface area contributed by atoms with Crippen LogP contribution in [0.3, 0.4) is 0 Å². The third-order valence-corrected chi connectivity index (χ3v) is 3.22. The molecule has 1 atom stereocenters. The lowest BCUT2D eigenvalue weighted by Gasteiger charge is -2.16. The SMILES string of the molecule is CC(C)Oc1ccc(C(=O)C(CC(=O)O)NC2CC2)cc1. The Morgan fingerprint density at radius 1 is 1.29 bits per heavy atom. The fourth-order valence-corrected chi connectivity index (χ4v) is 2.11. The average molecular weight is 291 g/mol. The lowest BCUT2D eigenvalue weighted by atomic mass is 10.0. The summed E-state index contributed by atoms with van der Waals surface area (Å²) in [4.78, 5) is 23.3. The van der Waals surface area contributed by atoms with Gasteiger partial charge in [0.1, 0.15) is 5.75 Å². The molecule has 5 heteroatoms. The maximum atomic E-state index is 12.4. The van der Waals surface area contributed by atoms with Gasteiger partial charge in [0.05, 0.1) is 18.6 Å². The molecule has 0 radical (unpaired) electrons. The number of aliphatic carboxylic acids is 1. The van der Waals surface area contributed by atoms with Gasteiger partial charge in [-0.05, 0) is 51.0 Å². The number of carbonyl (C=O) groups is 2. The summed E-state index contributed by atoms with van der Waals surface area (Å²) in [5, 5.41) is 12.0. The Kier molecular flexibility index (Phi) is 4.96. The quantitative estimate of drug-likeness (QED) is 0.718. The minimum Gasteiger partial charge on any atom is -0.491 e. The first kappa shape index (κ1) is 15.5. The van der Waals surface area contributed by atoms with Gasteiger partial charge < -0.3 is 15.2 Å². The number of nitrogens with one attached hydrogen (secondary N) is 1. The summed E-state index contributed by atoms with van der Waals surface area (Å²) in [7, 11) is 0. The van der Waals surface area contributed by atoms with Crippen molar-refractivity contribution >= 4 is 11.8 Å². The van der Waals surface area contributed by atoms with Crippen LogP contribution in [0, 0.1) is 0 Å². The molecule has 2 N–H and O–H groups in total. The summed E-state index contributed by atoms with van der Waals surface area (Å²) in [6, 6.07) is 6.46. The van der Waals surface area contributed by atoms with Gasteiger partial charge in [0.15, 0.2) is 5.78 Å². The highest BCUT2D eigenvalue weighted by atomic mass is 16.5. The second-order valence-corrected chi connectivity index (χ2v) is 5.65. The van der Waals surface area contributed by atoms with Gasteiger partial charge in [0.25, 0.3) is 0 Å². The van der Waals surface area contributed by atoms with Crippen LogP contribution in [0.15, 0.2) is 24.3 Å². The van der Waals surface area contributed by atoms with Crippen LogP contribution in [-0.2, 0) is 4.79 Å². The standard InChI is InChI=1S/C16H21NO4/c1-10(2)21-13-7-3-11(4-8-13)16(20)14(9-15(18)19)17-12-5-6-12/h3-4,7-8,10,12,14,17H,5-6,9H2,1-2H3,(H,18,19). The number of carboxylic acid groups (broad SMARTS) is 1. The number of carboxylic acids is 1. The van der Waals surface area contributed by atoms with Crippen molar-refractivity contribution in [2.75, 3.05) is 0 Å². The predicted molar refractivity (Wildman–Crippen MR) is 78.7 cm³/mol. The lowest BCUT2D eigenvalue weighted by molar-refractivity contribution is -0.137. The smallest absolute Gasteiger partial charge is 0.305 e. The molecule has 0 aliphatic heterocycles. The molecule has 1 fully saturated rings. The number of benzene rings is 1. The molecule has 0 heterocycles. The highest BCUT2D eigenvalue weighted by Gasteiger charge is 2.30. The number of rotatable bonds is 8. The van der Waals surface area contributed by atoms with Crippen LogP contribution in [-0.4, -0.2) is 35.0 Å². The molecule has 114 valence electrons. The van der Waals surface area contributed by atoms with E-state index in [1.54, 1.807) is 24.3 Å². The molecule has 21 heavy (non-hydrogen) atoms. The van der Waals surface area contributed by atoms with Gasteiger partial charge in [0, 0.05) is 11.6 Å². The van der Waals surface area contributed by atoms with E-state index in [2.05, 4.69) is 5.32 Å². The summed E-state index contributed by atoms with van der Waals surface area (Å²) in [5.74, 6) is -0.451. The van der Waals surface area contributed by atoms with Crippen LogP contribution in [0.25, 0.3) is 0 Å². The minimum absolute atomic E-state index is 0.0721. The first-order valence-corrected chi connectivity index (χ1v) is 7.24. The number of Topliss-reactive ketones (excluding diaryl/α,β-unsaturated/α-hetero) is 1. The molecule has 1 unspecified atom stereocenters. The molecule has 1 saturated carbocycles. The second-order valence-electron chi connectivity index (χ2n) is 5.65. The van der Waals surface area contributed by atoms with Crippen LogP contribution < -0.4 is 10.1 Å². The number of hydrogen-bond donors (Lipinski definition) is 2. The van der Waals surface area contributed by atoms with Gasteiger partial charge in [-0.25, -0.2) is 0 Å². The van der Waals surface area contributed by atoms with Gasteiger partial charge in [-0.3, -0.25) is 9.59 Å². The fourth-order valence-electron chi connectivity index (χ4n) is 2.11. The fraction of sp³-hybridized carbons (Fsp3) is 0.500. The Morgan fingerprint density at radius 2 is 1.90 bits per heavy atom. The molecule has 0 saturated heterocycles. The number of hydrogen-bond acceptors (Lipinski definition) is 4. The van der Waals surface area contributed by atoms with Crippen molar-refractivity contribution in [1.29, 1.82) is 0 Å². The van der Waals surface area contributed by atoms with Crippen molar-refractivity contribution < 1.29 is 19.4 Å². The molecule has 5 nitrogen and oxygen atoms in total. The van der Waals surface area contributed by atoms with Crippen LogP contribution in [0.1, 0.15) is 43.5 Å². The summed E-state index contributed by atoms with van der Waals surface area (Å²) < 4.78 is 5.53. The maximum Gasteiger partial charge on any atom is 0.305 e. The van der Waals surface area contributed by atoms with Gasteiger partial charge in [0.2, 0.25) is 0 Å². The molecule has 1 aromatic rings. The first-order valence-electron chi connectivity index (χ1n) is 7.24. The molecule has 2 rings (SSSR count). The zero-order valence-electron chi connectivity index (χ0n) is 12.3. The summed E-state index contributed by atoms with van der Waals surface area (Å²) in [6.45, 7) is 3.86. The van der Waals surface area contributed by atoms with Gasteiger partial charge >= 0.3 is 5.97 Å². The van der Waals surface area contributed by atoms with E-state index in [9.17, 15) is 9.59 Å². The number of ketones is 1. The van der Waals surface area contributed by atoms with Crippen LogP contribution in [0.2, 0.25) is 0 Å². The average Bonchev–Trinajstić information content (AvgIpc) is 3.21. The van der Waals surface area contributed by atoms with E-state index in [1.165, 1.54) is 0 Å². The molecule has 1 aliphatic rings. The van der Waals surface area contributed by atoms with E-state index >= 15 is 0 Å². The van der Waals surface area contributed by atoms with Gasteiger partial charge in [-0.2, -0.15) is 0 Å². The summed E-state index contributed by atoms with van der Waals surface area (Å²) in [5.41, 5.74) is 0.505. The largest absolute Gasteiger partial charge is 0.491 e. The van der Waals surface area contributed by atoms with Crippen molar-refractivity contribution in [3.05, 3.63) is 29.8 Å². The van der Waals surface area contributed by atoms with Crippen molar-refractivity contribution in [3.63, 3.8) is 0 Å². The maximum absolute atomic E-state index is 12.4. The van der Waals surface area contributed by atoms with E-state index in [0.29, 0.717) is 11.3 Å². The van der Waals surface area contributed by atoms with Gasteiger partial charge in [-0.15, -0.1) is 0 Å². The Labute approximate surface area is 124 Å². The molecule has 0 bridgehead atoms. The van der Waals surface area contributed by atoms with Crippen molar-refractivity contribution in [2.45, 2.75) is 51.3 Å². The Balaban J connectivity index is 2.05. The number of carbonyl (C=O) groups excluding carboxylic acids is 1. The normalized spacial score (nSPS) is 15.8. The monoisotopic (exact) mass is 291 g/mol. The molecule has 0 amide bonds. The molecular formula is C16H21NO4. The van der Waals surface area contributed by atoms with Crippen molar-refractivity contribution in [1.82, 2.24) is 5.32 Å². The van der Waals surface area contributed by atoms with E-state index in [0.717, 1.165) is 12.8 Å². The van der Waals surface area contributed by atoms with Crippen molar-refractivity contribution in [2.24, 2.45) is 0 Å². The second kappa shape index (κ2) is 6.72. The van der Waals surface area contributed by atoms with Crippen LogP contribution >= 0.6 is 0 Å². The molecular weight excluding hydrogens is 270 g/mol. The zero-order chi connectivity index (χ0) is 15.4. The summed E-state index contributed by atoms with van der Waals surface area (Å²) >= 11 is 0. The Hall–Kier alpha value is -1.88. The third-order valence-electron chi connectivity index (χ3n) is 3.22. The minimum atomic E-state index is -0.971. The topological polar surface area (TPSA) is 75.6 Å². The van der Waals surface area contributed by atoms with E-state index in [-0.39, 0.29) is 24.3 Å². The van der Waals surface area contributed by atoms with Crippen LogP contribution in [0.5, 0.6) is 5.75 Å². The van der Waals surface area contributed by atoms with Crippen molar-refractivity contribution in [3.8, 4) is 5.75 Å². The van der Waals surface area contributed by atoms with E-state index in [4.69, 9.17) is 9.84 Å². The number of ether oxygens (including phenoxy) is 1. The predicted octanol–water partition coefficient (Wildman–Crippen LogP) is 2.25. The van der Waals surface area contributed by atoms with E-state index < -0.39 is 12.0 Å². The summed E-state index contributed by atoms with van der Waals surface area (Å²) in [6.07, 6.45) is 1.89. The third kappa shape index (κ3) is 4.86. The Morgan fingerprint density at radius 3 is 2.38 bits per heavy atom. The Bertz CT molecular complexity index is 506. The molecule has 0 spiro atoms. The lowest BCUT2D eigenvalue weighted by Crippen LogP contribution is -2.40. The molecule has 1 aliphatic carbocycles. The molecule has 0 aromatic heterocycles. The molecule has 1 aromatic carbocycles. The highest BCUT2D eigenvalue weighted by molar-refractivity contribution is 6.01.